The third-order valence-corrected chi connectivity index (χ3v) is 4.26. The number of thioether (sulfide) groups is 1. The highest BCUT2D eigenvalue weighted by atomic mass is 32.2. The Kier molecular flexibility index (Phi) is 5.68. The number of thiocarbonyl (C=S) groups is 1. The summed E-state index contributed by atoms with van der Waals surface area (Å²) in [6, 6.07) is 5.82. The molecule has 1 saturated heterocycles. The van der Waals surface area contributed by atoms with Crippen LogP contribution in [0.4, 0.5) is 4.39 Å². The van der Waals surface area contributed by atoms with Crippen LogP contribution in [0.1, 0.15) is 18.9 Å². The fraction of sp³-hybridized carbons (Fsp3) is 0.267. The minimum Gasteiger partial charge on any atom is -0.466 e. The summed E-state index contributed by atoms with van der Waals surface area (Å²) in [5.74, 6) is -0.943. The van der Waals surface area contributed by atoms with E-state index in [1.54, 1.807) is 25.1 Å². The van der Waals surface area contributed by atoms with E-state index in [2.05, 4.69) is 0 Å². The molecule has 0 aromatic heterocycles. The van der Waals surface area contributed by atoms with Gasteiger partial charge in [-0.1, -0.05) is 36.1 Å². The smallest absolute Gasteiger partial charge is 0.307 e. The van der Waals surface area contributed by atoms with Crippen molar-refractivity contribution in [2.75, 3.05) is 13.2 Å². The summed E-state index contributed by atoms with van der Waals surface area (Å²) in [7, 11) is 0. The second-order valence-electron chi connectivity index (χ2n) is 4.44. The van der Waals surface area contributed by atoms with Gasteiger partial charge in [0.1, 0.15) is 10.1 Å². The molecule has 7 heteroatoms. The molecule has 0 bridgehead atoms. The van der Waals surface area contributed by atoms with E-state index in [0.29, 0.717) is 21.4 Å². The Morgan fingerprint density at radius 3 is 2.73 bits per heavy atom. The molecule has 0 atom stereocenters. The van der Waals surface area contributed by atoms with Gasteiger partial charge in [0.15, 0.2) is 0 Å². The third kappa shape index (κ3) is 4.14. The summed E-state index contributed by atoms with van der Waals surface area (Å²) < 4.78 is 18.1. The number of hydrogen-bond acceptors (Lipinski definition) is 5. The standard InChI is InChI=1S/C15H14FNO3S2/c1-2-20-13(18)7-8-17-14(19)12(22-15(17)21)9-10-3-5-11(16)6-4-10/h3-6,9H,2,7-8H2,1H3/b12-9+. The van der Waals surface area contributed by atoms with Crippen molar-refractivity contribution in [1.29, 1.82) is 0 Å². The molecule has 1 amide bonds. The minimum absolute atomic E-state index is 0.101. The molecule has 0 aliphatic carbocycles. The normalized spacial score (nSPS) is 16.5. The Morgan fingerprint density at radius 1 is 1.41 bits per heavy atom. The molecule has 0 unspecified atom stereocenters. The summed E-state index contributed by atoms with van der Waals surface area (Å²) in [5.41, 5.74) is 0.715. The number of nitrogens with zero attached hydrogens (tertiary/aromatic N) is 1. The summed E-state index contributed by atoms with van der Waals surface area (Å²) >= 11 is 6.33. The first-order chi connectivity index (χ1) is 10.5. The second-order valence-corrected chi connectivity index (χ2v) is 6.12. The lowest BCUT2D eigenvalue weighted by atomic mass is 10.2. The molecule has 0 spiro atoms. The monoisotopic (exact) mass is 339 g/mol. The minimum atomic E-state index is -0.362. The predicted molar refractivity (Wildman–Crippen MR) is 87.5 cm³/mol. The van der Waals surface area contributed by atoms with E-state index in [1.165, 1.54) is 28.8 Å². The van der Waals surface area contributed by atoms with Crippen molar-refractivity contribution in [1.82, 2.24) is 4.90 Å². The number of benzene rings is 1. The average Bonchev–Trinajstić information content (AvgIpc) is 2.74. The number of amides is 1. The first kappa shape index (κ1) is 16.6. The van der Waals surface area contributed by atoms with Crippen LogP contribution in [-0.2, 0) is 14.3 Å². The van der Waals surface area contributed by atoms with Gasteiger partial charge in [-0.2, -0.15) is 0 Å². The van der Waals surface area contributed by atoms with Gasteiger partial charge in [0.25, 0.3) is 5.91 Å². The van der Waals surface area contributed by atoms with Crippen molar-refractivity contribution in [3.8, 4) is 0 Å². The van der Waals surface area contributed by atoms with E-state index >= 15 is 0 Å². The van der Waals surface area contributed by atoms with Crippen LogP contribution in [0.25, 0.3) is 6.08 Å². The molecule has 1 fully saturated rings. The van der Waals surface area contributed by atoms with E-state index in [4.69, 9.17) is 17.0 Å². The van der Waals surface area contributed by atoms with Crippen molar-refractivity contribution >= 4 is 46.3 Å². The molecule has 1 aliphatic rings. The molecule has 0 N–H and O–H groups in total. The van der Waals surface area contributed by atoms with Crippen molar-refractivity contribution in [2.45, 2.75) is 13.3 Å². The van der Waals surface area contributed by atoms with E-state index in [1.807, 2.05) is 0 Å². The molecule has 2 rings (SSSR count). The number of hydrogen-bond donors (Lipinski definition) is 0. The summed E-state index contributed by atoms with van der Waals surface area (Å²) in [5, 5.41) is 0. The Labute approximate surface area is 137 Å². The lowest BCUT2D eigenvalue weighted by Gasteiger charge is -2.13. The Hall–Kier alpha value is -1.73. The molecule has 22 heavy (non-hydrogen) atoms. The molecule has 4 nitrogen and oxygen atoms in total. The lowest BCUT2D eigenvalue weighted by Crippen LogP contribution is -2.30. The Balaban J connectivity index is 2.05. The van der Waals surface area contributed by atoms with Gasteiger partial charge in [0.05, 0.1) is 17.9 Å². The maximum absolute atomic E-state index is 12.9. The summed E-state index contributed by atoms with van der Waals surface area (Å²) in [6.07, 6.45) is 1.76. The van der Waals surface area contributed by atoms with Crippen molar-refractivity contribution in [2.24, 2.45) is 0 Å². The fourth-order valence-electron chi connectivity index (χ4n) is 1.84. The number of ether oxygens (including phenoxy) is 1. The average molecular weight is 339 g/mol. The highest BCUT2D eigenvalue weighted by Crippen LogP contribution is 2.32. The number of halogens is 1. The van der Waals surface area contributed by atoms with Gasteiger partial charge < -0.3 is 4.74 Å². The lowest BCUT2D eigenvalue weighted by molar-refractivity contribution is -0.143. The quantitative estimate of drug-likeness (QED) is 0.469. The maximum Gasteiger partial charge on any atom is 0.307 e. The fourth-order valence-corrected chi connectivity index (χ4v) is 3.15. The van der Waals surface area contributed by atoms with Gasteiger partial charge in [-0.05, 0) is 30.7 Å². The maximum atomic E-state index is 12.9. The predicted octanol–water partition coefficient (Wildman–Crippen LogP) is 2.98. The van der Waals surface area contributed by atoms with E-state index < -0.39 is 0 Å². The number of rotatable bonds is 5. The summed E-state index contributed by atoms with van der Waals surface area (Å²) in [6.45, 7) is 2.23. The highest BCUT2D eigenvalue weighted by molar-refractivity contribution is 8.26. The zero-order valence-corrected chi connectivity index (χ0v) is 13.5. The Morgan fingerprint density at radius 2 is 2.09 bits per heavy atom. The van der Waals surface area contributed by atoms with Gasteiger partial charge in [0, 0.05) is 6.54 Å². The number of carbonyl (C=O) groups is 2. The van der Waals surface area contributed by atoms with Crippen molar-refractivity contribution in [3.63, 3.8) is 0 Å². The Bertz CT molecular complexity index is 628. The molecule has 0 radical (unpaired) electrons. The van der Waals surface area contributed by atoms with Gasteiger partial charge >= 0.3 is 5.97 Å². The number of carbonyl (C=O) groups excluding carboxylic acids is 2. The molecule has 1 aliphatic heterocycles. The molecule has 1 aromatic carbocycles. The van der Waals surface area contributed by atoms with Crippen LogP contribution in [0.5, 0.6) is 0 Å². The van der Waals surface area contributed by atoms with Crippen molar-refractivity contribution < 1.29 is 18.7 Å². The van der Waals surface area contributed by atoms with E-state index in [0.717, 1.165) is 0 Å². The van der Waals surface area contributed by atoms with Crippen LogP contribution in [0.3, 0.4) is 0 Å². The molecule has 1 aromatic rings. The second kappa shape index (κ2) is 7.51. The summed E-state index contributed by atoms with van der Waals surface area (Å²) in [4.78, 5) is 25.5. The zero-order chi connectivity index (χ0) is 16.1. The molecule has 0 saturated carbocycles. The van der Waals surface area contributed by atoms with Crippen LogP contribution in [0, 0.1) is 5.82 Å². The van der Waals surface area contributed by atoms with Gasteiger partial charge in [0.2, 0.25) is 0 Å². The van der Waals surface area contributed by atoms with Crippen LogP contribution >= 0.6 is 24.0 Å². The third-order valence-electron chi connectivity index (χ3n) is 2.89. The van der Waals surface area contributed by atoms with Crippen LogP contribution in [0.2, 0.25) is 0 Å². The molecule has 116 valence electrons. The van der Waals surface area contributed by atoms with Gasteiger partial charge in [-0.3, -0.25) is 14.5 Å². The molecular weight excluding hydrogens is 325 g/mol. The largest absolute Gasteiger partial charge is 0.466 e. The van der Waals surface area contributed by atoms with Crippen LogP contribution < -0.4 is 0 Å². The van der Waals surface area contributed by atoms with E-state index in [-0.39, 0.29) is 30.7 Å². The SMILES string of the molecule is CCOC(=O)CCN1C(=O)/C(=C\c2ccc(F)cc2)SC1=S. The van der Waals surface area contributed by atoms with Gasteiger partial charge in [-0.25, -0.2) is 4.39 Å². The first-order valence-corrected chi connectivity index (χ1v) is 7.90. The van der Waals surface area contributed by atoms with Crippen LogP contribution in [0.15, 0.2) is 29.2 Å². The zero-order valence-electron chi connectivity index (χ0n) is 11.9. The topological polar surface area (TPSA) is 46.6 Å². The first-order valence-electron chi connectivity index (χ1n) is 6.68. The highest BCUT2D eigenvalue weighted by Gasteiger charge is 2.32. The number of esters is 1. The molecule has 1 heterocycles. The van der Waals surface area contributed by atoms with Crippen LogP contribution in [-0.4, -0.2) is 34.2 Å². The van der Waals surface area contributed by atoms with Crippen molar-refractivity contribution in [3.05, 3.63) is 40.6 Å². The van der Waals surface area contributed by atoms with Gasteiger partial charge in [-0.15, -0.1) is 0 Å². The van der Waals surface area contributed by atoms with E-state index in [9.17, 15) is 14.0 Å². The molecular formula is C15H14FNO3S2.